The third-order valence-electron chi connectivity index (χ3n) is 2.34. The molecule has 1 aromatic rings. The molecule has 2 aliphatic rings. The standard InChI is InChI=1S/C6H10O3.C6H6O.C3H4O2/c1(5-3-8-5)7-2-6-4-9-6;7-6-4-2-1-3-5-6;1-2-3(4)5/h5-6H,1-4H2;1-5,7H;2H,1H2,(H,4,5). The first-order valence-electron chi connectivity index (χ1n) is 6.52. The Morgan fingerprint density at radius 2 is 1.67 bits per heavy atom. The monoisotopic (exact) mass is 296 g/mol. The van der Waals surface area contributed by atoms with Crippen molar-refractivity contribution in [1.82, 2.24) is 0 Å². The second kappa shape index (κ2) is 9.93. The summed E-state index contributed by atoms with van der Waals surface area (Å²) in [6.45, 7) is 6.22. The molecule has 6 nitrogen and oxygen atoms in total. The summed E-state index contributed by atoms with van der Waals surface area (Å²) in [6, 6.07) is 8.71. The summed E-state index contributed by atoms with van der Waals surface area (Å²) in [7, 11) is 0. The van der Waals surface area contributed by atoms with Gasteiger partial charge >= 0.3 is 5.97 Å². The average Bonchev–Trinajstić information content (AvgIpc) is 3.36. The van der Waals surface area contributed by atoms with Crippen LogP contribution in [0.2, 0.25) is 0 Å². The molecule has 0 aromatic heterocycles. The number of hydrogen-bond acceptors (Lipinski definition) is 5. The second-order valence-electron chi connectivity index (χ2n) is 4.33. The Hall–Kier alpha value is -1.89. The first-order valence-corrected chi connectivity index (χ1v) is 6.52. The Labute approximate surface area is 123 Å². The molecular weight excluding hydrogens is 276 g/mol. The predicted octanol–water partition coefficient (Wildman–Crippen LogP) is 1.45. The van der Waals surface area contributed by atoms with Crippen LogP contribution in [0.5, 0.6) is 5.75 Å². The van der Waals surface area contributed by atoms with Gasteiger partial charge in [0, 0.05) is 6.08 Å². The minimum absolute atomic E-state index is 0.322. The van der Waals surface area contributed by atoms with Crippen LogP contribution in [0.1, 0.15) is 0 Å². The maximum absolute atomic E-state index is 9.25. The first kappa shape index (κ1) is 17.2. The number of aliphatic carboxylic acids is 1. The third-order valence-corrected chi connectivity index (χ3v) is 2.34. The largest absolute Gasteiger partial charge is 0.508 e. The number of carboxylic acids is 1. The molecular formula is C15H20O6. The fourth-order valence-corrected chi connectivity index (χ4v) is 1.09. The smallest absolute Gasteiger partial charge is 0.327 e. The first-order chi connectivity index (χ1) is 10.1. The van der Waals surface area contributed by atoms with E-state index in [2.05, 4.69) is 6.58 Å². The van der Waals surface area contributed by atoms with Crippen LogP contribution in [0.25, 0.3) is 0 Å². The zero-order valence-electron chi connectivity index (χ0n) is 11.7. The molecule has 116 valence electrons. The van der Waals surface area contributed by atoms with E-state index in [1.54, 1.807) is 24.3 Å². The molecule has 0 bridgehead atoms. The lowest BCUT2D eigenvalue weighted by Crippen LogP contribution is -2.06. The summed E-state index contributed by atoms with van der Waals surface area (Å²) < 4.78 is 15.1. The quantitative estimate of drug-likeness (QED) is 0.631. The molecule has 2 saturated heterocycles. The van der Waals surface area contributed by atoms with Crippen molar-refractivity contribution in [2.24, 2.45) is 0 Å². The molecule has 2 fully saturated rings. The molecule has 0 radical (unpaired) electrons. The van der Waals surface area contributed by atoms with Crippen LogP contribution in [0, 0.1) is 0 Å². The highest BCUT2D eigenvalue weighted by Crippen LogP contribution is 2.12. The van der Waals surface area contributed by atoms with Crippen LogP contribution < -0.4 is 0 Å². The van der Waals surface area contributed by atoms with Crippen molar-refractivity contribution < 1.29 is 29.2 Å². The topological polar surface area (TPSA) is 91.8 Å². The van der Waals surface area contributed by atoms with Gasteiger partial charge in [0.25, 0.3) is 0 Å². The van der Waals surface area contributed by atoms with Crippen molar-refractivity contribution in [2.75, 3.05) is 26.4 Å². The van der Waals surface area contributed by atoms with Crippen molar-refractivity contribution in [2.45, 2.75) is 12.2 Å². The summed E-state index contributed by atoms with van der Waals surface area (Å²) in [6.07, 6.45) is 1.62. The van der Waals surface area contributed by atoms with Gasteiger partial charge in [0.05, 0.1) is 26.4 Å². The van der Waals surface area contributed by atoms with Crippen LogP contribution in [0.4, 0.5) is 0 Å². The van der Waals surface area contributed by atoms with Gasteiger partial charge in [-0.05, 0) is 12.1 Å². The minimum atomic E-state index is -0.981. The molecule has 6 heteroatoms. The lowest BCUT2D eigenvalue weighted by Gasteiger charge is -1.95. The number of phenolic OH excluding ortho intramolecular Hbond substituents is 1. The fourth-order valence-electron chi connectivity index (χ4n) is 1.09. The molecule has 2 heterocycles. The number of carbonyl (C=O) groups is 1. The molecule has 1 aromatic carbocycles. The lowest BCUT2D eigenvalue weighted by atomic mass is 10.3. The van der Waals surface area contributed by atoms with E-state index in [0.29, 0.717) is 18.0 Å². The SMILES string of the molecule is C(OCC1CO1)C1CO1.C=CC(=O)O.Oc1ccccc1. The third kappa shape index (κ3) is 11.6. The highest BCUT2D eigenvalue weighted by Gasteiger charge is 2.26. The number of para-hydroxylation sites is 1. The number of aromatic hydroxyl groups is 1. The number of carboxylic acid groups (broad SMARTS) is 1. The van der Waals surface area contributed by atoms with E-state index >= 15 is 0 Å². The van der Waals surface area contributed by atoms with E-state index in [-0.39, 0.29) is 0 Å². The molecule has 2 atom stereocenters. The number of rotatable bonds is 5. The number of hydrogen-bond donors (Lipinski definition) is 2. The summed E-state index contributed by atoms with van der Waals surface area (Å²) in [5.41, 5.74) is 0. The van der Waals surface area contributed by atoms with Crippen molar-refractivity contribution in [3.05, 3.63) is 43.0 Å². The predicted molar refractivity (Wildman–Crippen MR) is 76.2 cm³/mol. The highest BCUT2D eigenvalue weighted by atomic mass is 16.6. The Balaban J connectivity index is 0.000000166. The maximum Gasteiger partial charge on any atom is 0.327 e. The van der Waals surface area contributed by atoms with E-state index in [4.69, 9.17) is 24.4 Å². The van der Waals surface area contributed by atoms with Gasteiger partial charge in [-0.1, -0.05) is 24.8 Å². The lowest BCUT2D eigenvalue weighted by molar-refractivity contribution is -0.131. The zero-order chi connectivity index (χ0) is 15.5. The molecule has 3 rings (SSSR count). The van der Waals surface area contributed by atoms with E-state index in [1.165, 1.54) is 0 Å². The maximum atomic E-state index is 9.25. The average molecular weight is 296 g/mol. The van der Waals surface area contributed by atoms with Crippen LogP contribution in [-0.4, -0.2) is 54.8 Å². The van der Waals surface area contributed by atoms with Crippen molar-refractivity contribution >= 4 is 5.97 Å². The van der Waals surface area contributed by atoms with E-state index in [9.17, 15) is 4.79 Å². The molecule has 0 spiro atoms. The number of phenols is 1. The van der Waals surface area contributed by atoms with Crippen LogP contribution in [0.15, 0.2) is 43.0 Å². The second-order valence-corrected chi connectivity index (χ2v) is 4.33. The van der Waals surface area contributed by atoms with Crippen LogP contribution in [-0.2, 0) is 19.0 Å². The molecule has 2 N–H and O–H groups in total. The summed E-state index contributed by atoms with van der Waals surface area (Å²) in [5.74, 6) is -0.660. The van der Waals surface area contributed by atoms with E-state index in [1.807, 2.05) is 6.07 Å². The molecule has 0 aliphatic carbocycles. The number of ether oxygens (including phenoxy) is 3. The zero-order valence-corrected chi connectivity index (χ0v) is 11.7. The Bertz CT molecular complexity index is 399. The normalized spacial score (nSPS) is 21.0. The summed E-state index contributed by atoms with van der Waals surface area (Å²) >= 11 is 0. The van der Waals surface area contributed by atoms with Gasteiger partial charge in [-0.25, -0.2) is 4.79 Å². The molecule has 0 saturated carbocycles. The Morgan fingerprint density at radius 3 is 1.90 bits per heavy atom. The Morgan fingerprint density at radius 1 is 1.24 bits per heavy atom. The Kier molecular flexibility index (Phi) is 8.11. The molecule has 2 unspecified atom stereocenters. The molecule has 2 aliphatic heterocycles. The number of epoxide rings is 2. The van der Waals surface area contributed by atoms with Gasteiger partial charge < -0.3 is 24.4 Å². The van der Waals surface area contributed by atoms with E-state index in [0.717, 1.165) is 32.5 Å². The highest BCUT2D eigenvalue weighted by molar-refractivity contribution is 5.78. The van der Waals surface area contributed by atoms with E-state index < -0.39 is 5.97 Å². The summed E-state index contributed by atoms with van der Waals surface area (Å²) in [4.78, 5) is 9.25. The van der Waals surface area contributed by atoms with Crippen LogP contribution in [0.3, 0.4) is 0 Å². The van der Waals surface area contributed by atoms with Gasteiger partial charge in [0.2, 0.25) is 0 Å². The molecule has 21 heavy (non-hydrogen) atoms. The van der Waals surface area contributed by atoms with Crippen molar-refractivity contribution in [1.29, 1.82) is 0 Å². The minimum Gasteiger partial charge on any atom is -0.508 e. The molecule has 0 amide bonds. The van der Waals surface area contributed by atoms with Gasteiger partial charge in [0.1, 0.15) is 18.0 Å². The van der Waals surface area contributed by atoms with Crippen LogP contribution >= 0.6 is 0 Å². The van der Waals surface area contributed by atoms with Crippen molar-refractivity contribution in [3.8, 4) is 5.75 Å². The summed E-state index contributed by atoms with van der Waals surface area (Å²) in [5, 5.41) is 16.2. The van der Waals surface area contributed by atoms with Gasteiger partial charge in [-0.2, -0.15) is 0 Å². The van der Waals surface area contributed by atoms with Gasteiger partial charge in [-0.3, -0.25) is 0 Å². The van der Waals surface area contributed by atoms with Gasteiger partial charge in [0.15, 0.2) is 0 Å². The van der Waals surface area contributed by atoms with Gasteiger partial charge in [-0.15, -0.1) is 0 Å². The fraction of sp³-hybridized carbons (Fsp3) is 0.400. The number of benzene rings is 1. The van der Waals surface area contributed by atoms with Crippen molar-refractivity contribution in [3.63, 3.8) is 0 Å².